The fourth-order valence-electron chi connectivity index (χ4n) is 3.72. The quantitative estimate of drug-likeness (QED) is 0.339. The minimum atomic E-state index is -0.765. The first-order chi connectivity index (χ1) is 12.3. The molecule has 5 heteroatoms. The number of carboxylic acid groups (broad SMARTS) is 1. The Balaban J connectivity index is 2.44. The maximum absolute atomic E-state index is 12.2. The van der Waals surface area contributed by atoms with Gasteiger partial charge in [0.15, 0.2) is 0 Å². The number of carbonyl (C=O) groups is 2. The van der Waals surface area contributed by atoms with Crippen LogP contribution in [0.15, 0.2) is 12.2 Å². The van der Waals surface area contributed by atoms with Crippen LogP contribution >= 0.6 is 0 Å². The molecule has 0 amide bonds. The van der Waals surface area contributed by atoms with Gasteiger partial charge in [0.1, 0.15) is 5.78 Å². The van der Waals surface area contributed by atoms with E-state index in [1.807, 2.05) is 19.1 Å². The minimum absolute atomic E-state index is 0.121. The van der Waals surface area contributed by atoms with E-state index in [1.54, 1.807) is 0 Å². The van der Waals surface area contributed by atoms with Gasteiger partial charge in [-0.1, -0.05) is 51.2 Å². The Morgan fingerprint density at radius 2 is 1.92 bits per heavy atom. The molecule has 0 bridgehead atoms. The zero-order chi connectivity index (χ0) is 19.6. The lowest BCUT2D eigenvalue weighted by molar-refractivity contribution is -0.137. The number of rotatable bonds is 13. The van der Waals surface area contributed by atoms with Gasteiger partial charge in [-0.2, -0.15) is 0 Å². The number of aliphatic hydroxyl groups excluding tert-OH is 1. The van der Waals surface area contributed by atoms with Crippen LogP contribution in [0.5, 0.6) is 0 Å². The van der Waals surface area contributed by atoms with Crippen LogP contribution in [-0.2, 0) is 9.59 Å². The lowest BCUT2D eigenvalue weighted by Crippen LogP contribution is -2.23. The van der Waals surface area contributed by atoms with Crippen molar-refractivity contribution in [2.75, 3.05) is 0 Å². The van der Waals surface area contributed by atoms with Crippen LogP contribution in [0.25, 0.3) is 0 Å². The Morgan fingerprint density at radius 1 is 1.23 bits per heavy atom. The average Bonchev–Trinajstić information content (AvgIpc) is 2.82. The van der Waals surface area contributed by atoms with E-state index in [0.717, 1.165) is 44.9 Å². The molecule has 1 aliphatic rings. The van der Waals surface area contributed by atoms with E-state index in [9.17, 15) is 19.8 Å². The molecule has 0 aromatic heterocycles. The summed E-state index contributed by atoms with van der Waals surface area (Å²) in [6, 6.07) is 0. The molecule has 1 saturated carbocycles. The van der Waals surface area contributed by atoms with E-state index < -0.39 is 17.7 Å². The van der Waals surface area contributed by atoms with Crippen LogP contribution in [0.2, 0.25) is 0 Å². The van der Waals surface area contributed by atoms with E-state index in [1.165, 1.54) is 0 Å². The minimum Gasteiger partial charge on any atom is -0.481 e. The number of Topliss-reactive ketones (excluding diaryl/α,β-unsaturated/α-hetero) is 1. The molecule has 26 heavy (non-hydrogen) atoms. The summed E-state index contributed by atoms with van der Waals surface area (Å²) in [4.78, 5) is 22.7. The molecule has 150 valence electrons. The van der Waals surface area contributed by atoms with Crippen LogP contribution in [0.1, 0.15) is 84.5 Å². The Hall–Kier alpha value is -1.20. The van der Waals surface area contributed by atoms with Gasteiger partial charge in [-0.15, -0.1) is 0 Å². The van der Waals surface area contributed by atoms with Crippen molar-refractivity contribution in [2.24, 2.45) is 11.8 Å². The number of aliphatic hydroxyl groups is 2. The molecule has 1 fully saturated rings. The largest absolute Gasteiger partial charge is 0.481 e. The predicted octanol–water partition coefficient (Wildman–Crippen LogP) is 3.87. The van der Waals surface area contributed by atoms with Crippen LogP contribution in [0.4, 0.5) is 0 Å². The fourth-order valence-corrected chi connectivity index (χ4v) is 3.72. The Morgan fingerprint density at radius 3 is 2.58 bits per heavy atom. The Kier molecular flexibility index (Phi) is 10.1. The van der Waals surface area contributed by atoms with Crippen molar-refractivity contribution in [2.45, 2.75) is 96.2 Å². The molecule has 4 atom stereocenters. The molecule has 0 spiro atoms. The Bertz CT molecular complexity index is 469. The van der Waals surface area contributed by atoms with E-state index in [0.29, 0.717) is 12.8 Å². The maximum Gasteiger partial charge on any atom is 0.303 e. The first kappa shape index (κ1) is 22.8. The first-order valence-electron chi connectivity index (χ1n) is 10.1. The van der Waals surface area contributed by atoms with Crippen LogP contribution < -0.4 is 0 Å². The third-order valence-corrected chi connectivity index (χ3v) is 5.37. The number of unbranched alkanes of at least 4 members (excludes halogenated alkanes) is 4. The van der Waals surface area contributed by atoms with E-state index in [-0.39, 0.29) is 30.5 Å². The molecule has 0 aromatic rings. The summed E-state index contributed by atoms with van der Waals surface area (Å²) in [5.41, 5.74) is -0.736. The fraction of sp³-hybridized carbons (Fsp3) is 0.810. The SMILES string of the molecule is CCCC[C@](C)(O)CC=CC1C(O)CC(=O)C1CCCCCCC(=O)O. The highest BCUT2D eigenvalue weighted by Crippen LogP contribution is 2.34. The van der Waals surface area contributed by atoms with Crippen molar-refractivity contribution in [3.05, 3.63) is 12.2 Å². The monoisotopic (exact) mass is 368 g/mol. The topological polar surface area (TPSA) is 94.8 Å². The third kappa shape index (κ3) is 8.45. The molecule has 0 aliphatic heterocycles. The van der Waals surface area contributed by atoms with Crippen molar-refractivity contribution in [1.82, 2.24) is 0 Å². The zero-order valence-corrected chi connectivity index (χ0v) is 16.3. The summed E-state index contributed by atoms with van der Waals surface area (Å²) in [7, 11) is 0. The van der Waals surface area contributed by atoms with E-state index in [4.69, 9.17) is 5.11 Å². The van der Waals surface area contributed by atoms with Crippen LogP contribution in [0.3, 0.4) is 0 Å². The highest BCUT2D eigenvalue weighted by molar-refractivity contribution is 5.84. The highest BCUT2D eigenvalue weighted by Gasteiger charge is 2.39. The number of hydrogen-bond donors (Lipinski definition) is 3. The lowest BCUT2D eigenvalue weighted by Gasteiger charge is -2.22. The van der Waals surface area contributed by atoms with Gasteiger partial charge in [0.25, 0.3) is 0 Å². The molecule has 1 aliphatic carbocycles. The number of aliphatic carboxylic acids is 1. The molecule has 1 rings (SSSR count). The number of hydrogen-bond acceptors (Lipinski definition) is 4. The smallest absolute Gasteiger partial charge is 0.303 e. The van der Waals surface area contributed by atoms with Gasteiger partial charge in [-0.3, -0.25) is 9.59 Å². The summed E-state index contributed by atoms with van der Waals surface area (Å²) < 4.78 is 0. The van der Waals surface area contributed by atoms with Gasteiger partial charge < -0.3 is 15.3 Å². The molecular weight excluding hydrogens is 332 g/mol. The molecule has 0 heterocycles. The normalized spacial score (nSPS) is 25.7. The Labute approximate surface area is 157 Å². The van der Waals surface area contributed by atoms with Crippen molar-refractivity contribution in [3.8, 4) is 0 Å². The second-order valence-electron chi connectivity index (χ2n) is 8.00. The van der Waals surface area contributed by atoms with Gasteiger partial charge in [-0.25, -0.2) is 0 Å². The summed E-state index contributed by atoms with van der Waals surface area (Å²) in [6.45, 7) is 3.93. The number of carbonyl (C=O) groups excluding carboxylic acids is 1. The standard InChI is InChI=1S/C21H36O5/c1-3-4-13-21(2,26)14-9-11-17-16(18(22)15-19(17)23)10-7-5-6-8-12-20(24)25/h9,11,16-17,19,23,26H,3-8,10,12-15H2,1-2H3,(H,24,25)/t16?,17?,19?,21-/m0/s1. The molecule has 0 aromatic carbocycles. The van der Waals surface area contributed by atoms with Crippen molar-refractivity contribution in [3.63, 3.8) is 0 Å². The van der Waals surface area contributed by atoms with Crippen LogP contribution in [0, 0.1) is 11.8 Å². The molecule has 5 nitrogen and oxygen atoms in total. The van der Waals surface area contributed by atoms with Gasteiger partial charge in [0.2, 0.25) is 0 Å². The van der Waals surface area contributed by atoms with Crippen molar-refractivity contribution in [1.29, 1.82) is 0 Å². The second-order valence-corrected chi connectivity index (χ2v) is 8.00. The van der Waals surface area contributed by atoms with Gasteiger partial charge in [0, 0.05) is 24.7 Å². The number of ketones is 1. The number of carboxylic acids is 1. The molecule has 0 saturated heterocycles. The van der Waals surface area contributed by atoms with E-state index in [2.05, 4.69) is 6.92 Å². The van der Waals surface area contributed by atoms with Crippen molar-refractivity contribution >= 4 is 11.8 Å². The summed E-state index contributed by atoms with van der Waals surface area (Å²) in [5.74, 6) is -0.959. The first-order valence-corrected chi connectivity index (χ1v) is 10.1. The van der Waals surface area contributed by atoms with E-state index >= 15 is 0 Å². The lowest BCUT2D eigenvalue weighted by atomic mass is 9.87. The second kappa shape index (κ2) is 11.5. The molecule has 3 unspecified atom stereocenters. The van der Waals surface area contributed by atoms with Gasteiger partial charge >= 0.3 is 5.97 Å². The zero-order valence-electron chi connectivity index (χ0n) is 16.3. The van der Waals surface area contributed by atoms with Gasteiger partial charge in [0.05, 0.1) is 11.7 Å². The predicted molar refractivity (Wildman–Crippen MR) is 102 cm³/mol. The van der Waals surface area contributed by atoms with Crippen LogP contribution in [-0.4, -0.2) is 38.8 Å². The highest BCUT2D eigenvalue weighted by atomic mass is 16.4. The molecular formula is C21H36O5. The maximum atomic E-state index is 12.2. The third-order valence-electron chi connectivity index (χ3n) is 5.37. The summed E-state index contributed by atoms with van der Waals surface area (Å²) >= 11 is 0. The summed E-state index contributed by atoms with van der Waals surface area (Å²) in [6.07, 6.45) is 11.0. The molecule has 0 radical (unpaired) electrons. The summed E-state index contributed by atoms with van der Waals surface area (Å²) in [5, 5.41) is 29.2. The average molecular weight is 369 g/mol. The van der Waals surface area contributed by atoms with Gasteiger partial charge in [-0.05, 0) is 32.6 Å². The van der Waals surface area contributed by atoms with Crippen molar-refractivity contribution < 1.29 is 24.9 Å². The molecule has 3 N–H and O–H groups in total.